The zero-order valence-corrected chi connectivity index (χ0v) is 10.2. The van der Waals surface area contributed by atoms with E-state index in [0.29, 0.717) is 11.4 Å². The second-order valence-corrected chi connectivity index (χ2v) is 5.06. The molecule has 0 saturated heterocycles. The molecule has 0 aliphatic carbocycles. The van der Waals surface area contributed by atoms with Gasteiger partial charge in [-0.2, -0.15) is 8.42 Å². The van der Waals surface area contributed by atoms with Crippen LogP contribution in [-0.4, -0.2) is 13.5 Å². The van der Waals surface area contributed by atoms with Gasteiger partial charge in [0.1, 0.15) is 5.75 Å². The molecule has 2 rings (SSSR count). The van der Waals surface area contributed by atoms with Gasteiger partial charge in [0.05, 0.1) is 11.4 Å². The maximum absolute atomic E-state index is 11.7. The number of phenolic OH excluding ortho intramolecular Hbond substituents is 1. The van der Waals surface area contributed by atoms with Crippen molar-refractivity contribution in [2.75, 3.05) is 4.31 Å². The molecule has 3 N–H and O–H groups in total. The molecule has 0 aromatic heterocycles. The van der Waals surface area contributed by atoms with Gasteiger partial charge in [-0.1, -0.05) is 18.2 Å². The largest absolute Gasteiger partial charge is 0.508 e. The van der Waals surface area contributed by atoms with Crippen LogP contribution in [0.5, 0.6) is 5.75 Å². The fraction of sp³-hybridized carbons (Fsp3) is 0. The number of nitrogens with zero attached hydrogens (tertiary/aromatic N) is 1. The summed E-state index contributed by atoms with van der Waals surface area (Å²) in [6, 6.07) is 14.2. The van der Waals surface area contributed by atoms with Crippen LogP contribution in [0.4, 0.5) is 11.4 Å². The van der Waals surface area contributed by atoms with Crippen molar-refractivity contribution in [3.8, 4) is 5.75 Å². The number of phenols is 1. The number of hydrogen-bond acceptors (Lipinski definition) is 3. The smallest absolute Gasteiger partial charge is 0.303 e. The van der Waals surface area contributed by atoms with Gasteiger partial charge in [0.2, 0.25) is 0 Å². The van der Waals surface area contributed by atoms with Gasteiger partial charge in [-0.05, 0) is 36.4 Å². The lowest BCUT2D eigenvalue weighted by molar-refractivity contribution is 0.475. The summed E-state index contributed by atoms with van der Waals surface area (Å²) in [7, 11) is -3.93. The lowest BCUT2D eigenvalue weighted by atomic mass is 10.2. The van der Waals surface area contributed by atoms with Crippen molar-refractivity contribution in [3.05, 3.63) is 54.6 Å². The average molecular weight is 264 g/mol. The topological polar surface area (TPSA) is 83.6 Å². The minimum atomic E-state index is -3.93. The van der Waals surface area contributed by atoms with Crippen LogP contribution < -0.4 is 9.44 Å². The molecule has 0 bridgehead atoms. The Hall–Kier alpha value is -2.05. The number of nitrogens with two attached hydrogens (primary N) is 1. The molecule has 0 fully saturated rings. The Kier molecular flexibility index (Phi) is 3.22. The molecule has 94 valence electrons. The monoisotopic (exact) mass is 264 g/mol. The van der Waals surface area contributed by atoms with E-state index >= 15 is 0 Å². The summed E-state index contributed by atoms with van der Waals surface area (Å²) in [5, 5.41) is 14.4. The Morgan fingerprint density at radius 3 is 1.89 bits per heavy atom. The van der Waals surface area contributed by atoms with E-state index in [-0.39, 0.29) is 5.75 Å². The third-order valence-corrected chi connectivity index (χ3v) is 3.26. The molecule has 18 heavy (non-hydrogen) atoms. The molecule has 0 atom stereocenters. The third-order valence-electron chi connectivity index (χ3n) is 2.33. The normalized spacial score (nSPS) is 11.2. The summed E-state index contributed by atoms with van der Waals surface area (Å²) in [6.07, 6.45) is 0. The predicted octanol–water partition coefficient (Wildman–Crippen LogP) is 1.73. The molecule has 2 aromatic rings. The third kappa shape index (κ3) is 2.61. The van der Waals surface area contributed by atoms with Crippen LogP contribution in [0.3, 0.4) is 0 Å². The van der Waals surface area contributed by atoms with E-state index in [9.17, 15) is 13.5 Å². The summed E-state index contributed by atoms with van der Waals surface area (Å²) < 4.78 is 24.3. The standard InChI is InChI=1S/C12H12N2O3S/c13-18(16,17)14(10-4-2-1-3-5-10)11-6-8-12(15)9-7-11/h1-9,15H,(H2,13,16,17). The highest BCUT2D eigenvalue weighted by atomic mass is 32.2. The molecule has 0 radical (unpaired) electrons. The molecule has 6 heteroatoms. The van der Waals surface area contributed by atoms with Crippen molar-refractivity contribution < 1.29 is 13.5 Å². The van der Waals surface area contributed by atoms with Crippen LogP contribution in [0.1, 0.15) is 0 Å². The van der Waals surface area contributed by atoms with E-state index in [2.05, 4.69) is 0 Å². The van der Waals surface area contributed by atoms with Gasteiger partial charge < -0.3 is 5.11 Å². The average Bonchev–Trinajstić information content (AvgIpc) is 2.32. The molecule has 0 saturated carbocycles. The van der Waals surface area contributed by atoms with Gasteiger partial charge in [-0.25, -0.2) is 9.44 Å². The zero-order valence-electron chi connectivity index (χ0n) is 9.39. The summed E-state index contributed by atoms with van der Waals surface area (Å²) in [5.74, 6) is 0.0566. The van der Waals surface area contributed by atoms with Gasteiger partial charge in [0.15, 0.2) is 0 Å². The Morgan fingerprint density at radius 2 is 1.39 bits per heavy atom. The molecule has 0 aliphatic heterocycles. The highest BCUT2D eigenvalue weighted by Crippen LogP contribution is 2.28. The number of para-hydroxylation sites is 1. The van der Waals surface area contributed by atoms with Gasteiger partial charge in [0, 0.05) is 0 Å². The van der Waals surface area contributed by atoms with E-state index < -0.39 is 10.2 Å². The molecular formula is C12H12N2O3S. The molecular weight excluding hydrogens is 252 g/mol. The Balaban J connectivity index is 2.55. The summed E-state index contributed by atoms with van der Waals surface area (Å²) in [4.78, 5) is 0. The Bertz CT molecular complexity index is 624. The van der Waals surface area contributed by atoms with Gasteiger partial charge >= 0.3 is 10.2 Å². The number of aromatic hydroxyl groups is 1. The Morgan fingerprint density at radius 1 is 0.889 bits per heavy atom. The maximum atomic E-state index is 11.7. The number of rotatable bonds is 3. The lowest BCUT2D eigenvalue weighted by Gasteiger charge is -2.21. The van der Waals surface area contributed by atoms with Crippen molar-refractivity contribution >= 4 is 21.6 Å². The SMILES string of the molecule is NS(=O)(=O)N(c1ccccc1)c1ccc(O)cc1. The molecule has 0 unspecified atom stereocenters. The summed E-state index contributed by atoms with van der Waals surface area (Å²) in [5.41, 5.74) is 0.798. The van der Waals surface area contributed by atoms with Crippen molar-refractivity contribution in [2.24, 2.45) is 5.14 Å². The summed E-state index contributed by atoms with van der Waals surface area (Å²) in [6.45, 7) is 0. The van der Waals surface area contributed by atoms with E-state index in [0.717, 1.165) is 4.31 Å². The number of benzene rings is 2. The molecule has 5 nitrogen and oxygen atoms in total. The molecule has 0 amide bonds. The van der Waals surface area contributed by atoms with Gasteiger partial charge in [-0.3, -0.25) is 0 Å². The Labute approximate surface area is 105 Å². The predicted molar refractivity (Wildman–Crippen MR) is 69.8 cm³/mol. The van der Waals surface area contributed by atoms with Gasteiger partial charge in [0.25, 0.3) is 0 Å². The highest BCUT2D eigenvalue weighted by Gasteiger charge is 2.19. The second-order valence-electron chi connectivity index (χ2n) is 3.66. The first-order chi connectivity index (χ1) is 8.48. The molecule has 2 aromatic carbocycles. The van der Waals surface area contributed by atoms with Crippen molar-refractivity contribution in [2.45, 2.75) is 0 Å². The van der Waals surface area contributed by atoms with E-state index in [1.54, 1.807) is 30.3 Å². The minimum absolute atomic E-state index is 0.0566. The number of anilines is 2. The summed E-state index contributed by atoms with van der Waals surface area (Å²) >= 11 is 0. The van der Waals surface area contributed by atoms with Crippen LogP contribution >= 0.6 is 0 Å². The van der Waals surface area contributed by atoms with Crippen LogP contribution in [0.2, 0.25) is 0 Å². The van der Waals surface area contributed by atoms with Crippen LogP contribution in [0.15, 0.2) is 54.6 Å². The van der Waals surface area contributed by atoms with Crippen LogP contribution in [-0.2, 0) is 10.2 Å². The van der Waals surface area contributed by atoms with E-state index in [4.69, 9.17) is 5.14 Å². The van der Waals surface area contributed by atoms with Gasteiger partial charge in [-0.15, -0.1) is 0 Å². The van der Waals surface area contributed by atoms with Crippen molar-refractivity contribution in [3.63, 3.8) is 0 Å². The molecule has 0 spiro atoms. The zero-order chi connectivity index (χ0) is 13.2. The van der Waals surface area contributed by atoms with Crippen LogP contribution in [0.25, 0.3) is 0 Å². The quantitative estimate of drug-likeness (QED) is 0.885. The molecule has 0 heterocycles. The van der Waals surface area contributed by atoms with E-state index in [1.165, 1.54) is 24.3 Å². The van der Waals surface area contributed by atoms with Crippen molar-refractivity contribution in [1.82, 2.24) is 0 Å². The molecule has 0 aliphatic rings. The van der Waals surface area contributed by atoms with E-state index in [1.807, 2.05) is 0 Å². The van der Waals surface area contributed by atoms with Crippen LogP contribution in [0, 0.1) is 0 Å². The first kappa shape index (κ1) is 12.4. The first-order valence-electron chi connectivity index (χ1n) is 5.15. The lowest BCUT2D eigenvalue weighted by Crippen LogP contribution is -2.32. The first-order valence-corrected chi connectivity index (χ1v) is 6.66. The number of hydrogen-bond donors (Lipinski definition) is 2. The minimum Gasteiger partial charge on any atom is -0.508 e. The highest BCUT2D eigenvalue weighted by molar-refractivity contribution is 7.90. The fourth-order valence-electron chi connectivity index (χ4n) is 1.59. The second kappa shape index (κ2) is 4.67. The van der Waals surface area contributed by atoms with Crippen molar-refractivity contribution in [1.29, 1.82) is 0 Å². The maximum Gasteiger partial charge on any atom is 0.303 e. The fourth-order valence-corrected chi connectivity index (χ4v) is 2.43.